The van der Waals surface area contributed by atoms with Gasteiger partial charge < -0.3 is 9.30 Å². The minimum atomic E-state index is -0.683. The molecule has 0 unspecified atom stereocenters. The number of thioether (sulfide) groups is 1. The number of ether oxygens (including phenoxy) is 1. The highest BCUT2D eigenvalue weighted by Gasteiger charge is 2.13. The van der Waals surface area contributed by atoms with Crippen LogP contribution in [0.3, 0.4) is 0 Å². The van der Waals surface area contributed by atoms with Crippen LogP contribution in [0, 0.1) is 11.6 Å². The second-order valence-corrected chi connectivity index (χ2v) is 7.98. The van der Waals surface area contributed by atoms with Crippen molar-refractivity contribution in [2.24, 2.45) is 4.99 Å². The molecule has 0 N–H and O–H groups in total. The Morgan fingerprint density at radius 1 is 1.32 bits per heavy atom. The number of carbonyl (C=O) groups is 1. The highest BCUT2D eigenvalue weighted by molar-refractivity contribution is 7.99. The highest BCUT2D eigenvalue weighted by Crippen LogP contribution is 2.23. The Kier molecular flexibility index (Phi) is 6.64. The third-order valence-electron chi connectivity index (χ3n) is 3.87. The number of amides is 1. The van der Waals surface area contributed by atoms with Crippen LogP contribution in [0.2, 0.25) is 0 Å². The molecular formula is C20H18F2N2O2S2. The molecule has 0 saturated heterocycles. The Balaban J connectivity index is 1.77. The van der Waals surface area contributed by atoms with Crippen LogP contribution < -0.4 is 9.54 Å². The van der Waals surface area contributed by atoms with E-state index in [9.17, 15) is 13.6 Å². The second kappa shape index (κ2) is 9.16. The molecule has 1 aromatic heterocycles. The minimum Gasteiger partial charge on any atom is -0.497 e. The van der Waals surface area contributed by atoms with Gasteiger partial charge in [-0.05, 0) is 30.3 Å². The average Bonchev–Trinajstić information content (AvgIpc) is 2.99. The van der Waals surface area contributed by atoms with Crippen LogP contribution in [0.1, 0.15) is 6.42 Å². The van der Waals surface area contributed by atoms with Crippen molar-refractivity contribution in [2.75, 3.05) is 12.9 Å². The van der Waals surface area contributed by atoms with Crippen molar-refractivity contribution in [2.45, 2.75) is 17.9 Å². The molecule has 4 nitrogen and oxygen atoms in total. The van der Waals surface area contributed by atoms with Gasteiger partial charge in [0.25, 0.3) is 0 Å². The first kappa shape index (κ1) is 20.3. The molecular weight excluding hydrogens is 402 g/mol. The zero-order valence-electron chi connectivity index (χ0n) is 15.2. The first-order valence-electron chi connectivity index (χ1n) is 8.45. The van der Waals surface area contributed by atoms with Crippen molar-refractivity contribution in [1.82, 2.24) is 4.57 Å². The normalized spacial score (nSPS) is 11.8. The zero-order chi connectivity index (χ0) is 20.1. The van der Waals surface area contributed by atoms with E-state index in [1.165, 1.54) is 22.4 Å². The van der Waals surface area contributed by atoms with Crippen LogP contribution in [0.5, 0.6) is 5.75 Å². The molecule has 0 aliphatic carbocycles. The fourth-order valence-electron chi connectivity index (χ4n) is 2.60. The summed E-state index contributed by atoms with van der Waals surface area (Å²) in [6.07, 6.45) is 1.81. The van der Waals surface area contributed by atoms with E-state index < -0.39 is 11.6 Å². The van der Waals surface area contributed by atoms with Gasteiger partial charge in [0.15, 0.2) is 10.6 Å². The van der Waals surface area contributed by atoms with E-state index in [2.05, 4.69) is 11.6 Å². The summed E-state index contributed by atoms with van der Waals surface area (Å²) in [5.41, 5.74) is 0.227. The number of fused-ring (bicyclic) bond motifs is 1. The van der Waals surface area contributed by atoms with Crippen molar-refractivity contribution in [1.29, 1.82) is 0 Å². The summed E-state index contributed by atoms with van der Waals surface area (Å²) in [6.45, 7) is 3.93. The highest BCUT2D eigenvalue weighted by atomic mass is 32.2. The molecule has 0 atom stereocenters. The summed E-state index contributed by atoms with van der Waals surface area (Å²) in [5.74, 6) is -0.325. The zero-order valence-corrected chi connectivity index (χ0v) is 16.8. The molecule has 2 aromatic carbocycles. The number of carbonyl (C=O) groups excluding carboxylic acids is 1. The summed E-state index contributed by atoms with van der Waals surface area (Å²) in [7, 11) is 1.61. The van der Waals surface area contributed by atoms with Crippen molar-refractivity contribution in [3.8, 4) is 5.75 Å². The summed E-state index contributed by atoms with van der Waals surface area (Å²) in [5, 5.41) is 0. The largest absolute Gasteiger partial charge is 0.497 e. The lowest BCUT2D eigenvalue weighted by atomic mass is 10.3. The molecule has 0 bridgehead atoms. The Bertz CT molecular complexity index is 1070. The smallest absolute Gasteiger partial charge is 0.249 e. The molecule has 8 heteroatoms. The molecule has 3 rings (SSSR count). The number of benzene rings is 2. The molecule has 3 aromatic rings. The van der Waals surface area contributed by atoms with E-state index in [4.69, 9.17) is 4.74 Å². The number of methoxy groups -OCH3 is 1. The van der Waals surface area contributed by atoms with Crippen LogP contribution in [0.15, 0.2) is 58.9 Å². The summed E-state index contributed by atoms with van der Waals surface area (Å²) in [6, 6.07) is 9.63. The van der Waals surface area contributed by atoms with Gasteiger partial charge in [-0.25, -0.2) is 8.78 Å². The molecule has 28 heavy (non-hydrogen) atoms. The van der Waals surface area contributed by atoms with Gasteiger partial charge in [0.05, 0.1) is 17.3 Å². The van der Waals surface area contributed by atoms with E-state index in [0.717, 1.165) is 28.0 Å². The quantitative estimate of drug-likeness (QED) is 0.408. The summed E-state index contributed by atoms with van der Waals surface area (Å²) in [4.78, 5) is 17.8. The second-order valence-electron chi connectivity index (χ2n) is 5.80. The number of hydrogen-bond donors (Lipinski definition) is 0. The number of nitrogens with zero attached hydrogens (tertiary/aromatic N) is 2. The molecule has 0 radical (unpaired) electrons. The molecule has 1 heterocycles. The van der Waals surface area contributed by atoms with Crippen molar-refractivity contribution in [3.63, 3.8) is 0 Å². The van der Waals surface area contributed by atoms with Gasteiger partial charge in [0.1, 0.15) is 11.6 Å². The van der Waals surface area contributed by atoms with Gasteiger partial charge in [-0.3, -0.25) is 4.79 Å². The Labute approximate surface area is 169 Å². The lowest BCUT2D eigenvalue weighted by molar-refractivity contribution is -0.117. The third-order valence-corrected chi connectivity index (χ3v) is 5.91. The van der Waals surface area contributed by atoms with Crippen molar-refractivity contribution in [3.05, 3.63) is 65.5 Å². The van der Waals surface area contributed by atoms with E-state index in [1.807, 2.05) is 24.3 Å². The molecule has 0 spiro atoms. The Morgan fingerprint density at radius 2 is 2.07 bits per heavy atom. The summed E-state index contributed by atoms with van der Waals surface area (Å²) >= 11 is 2.62. The standard InChI is InChI=1S/C20H18F2N2O2S2/c1-3-9-24-19-16(22)11-13(21)12-17(19)28-20(24)23-18(25)8-10-27-15-6-4-14(26-2)5-7-15/h3-7,11-12H,1,8-10H2,2H3. The van der Waals surface area contributed by atoms with Gasteiger partial charge >= 0.3 is 0 Å². The van der Waals surface area contributed by atoms with Gasteiger partial charge in [-0.2, -0.15) is 4.99 Å². The number of hydrogen-bond acceptors (Lipinski definition) is 4. The first-order chi connectivity index (χ1) is 13.5. The van der Waals surface area contributed by atoms with E-state index >= 15 is 0 Å². The van der Waals surface area contributed by atoms with Crippen molar-refractivity contribution >= 4 is 39.2 Å². The number of thiazole rings is 1. The monoisotopic (exact) mass is 420 g/mol. The van der Waals surface area contributed by atoms with Gasteiger partial charge in [-0.1, -0.05) is 17.4 Å². The maximum atomic E-state index is 14.2. The lowest BCUT2D eigenvalue weighted by Crippen LogP contribution is -2.17. The predicted molar refractivity (Wildman–Crippen MR) is 109 cm³/mol. The fraction of sp³-hybridized carbons (Fsp3) is 0.200. The van der Waals surface area contributed by atoms with E-state index in [1.54, 1.807) is 13.2 Å². The average molecular weight is 421 g/mol. The number of halogens is 2. The number of aromatic nitrogens is 1. The van der Waals surface area contributed by atoms with E-state index in [0.29, 0.717) is 15.3 Å². The van der Waals surface area contributed by atoms with Gasteiger partial charge in [0.2, 0.25) is 5.91 Å². The predicted octanol–water partition coefficient (Wildman–Crippen LogP) is 4.79. The lowest BCUT2D eigenvalue weighted by Gasteiger charge is -2.03. The maximum absolute atomic E-state index is 14.2. The van der Waals surface area contributed by atoms with Crippen LogP contribution in [0.4, 0.5) is 8.78 Å². The van der Waals surface area contributed by atoms with Gasteiger partial charge in [0, 0.05) is 29.7 Å². The van der Waals surface area contributed by atoms with Crippen LogP contribution >= 0.6 is 23.1 Å². The molecule has 146 valence electrons. The molecule has 0 aliphatic heterocycles. The third kappa shape index (κ3) is 4.69. The topological polar surface area (TPSA) is 43.6 Å². The minimum absolute atomic E-state index is 0.227. The molecule has 0 saturated carbocycles. The molecule has 0 fully saturated rings. The molecule has 1 amide bonds. The van der Waals surface area contributed by atoms with Gasteiger partial charge in [-0.15, -0.1) is 18.3 Å². The van der Waals surface area contributed by atoms with E-state index in [-0.39, 0.29) is 24.4 Å². The van der Waals surface area contributed by atoms with Crippen LogP contribution in [0.25, 0.3) is 10.2 Å². The first-order valence-corrected chi connectivity index (χ1v) is 10.3. The van der Waals surface area contributed by atoms with Crippen molar-refractivity contribution < 1.29 is 18.3 Å². The summed E-state index contributed by atoms with van der Waals surface area (Å²) < 4.78 is 34.7. The molecule has 0 aliphatic rings. The van der Waals surface area contributed by atoms with Crippen LogP contribution in [-0.2, 0) is 11.3 Å². The fourth-order valence-corrected chi connectivity index (χ4v) is 4.54. The Morgan fingerprint density at radius 3 is 2.75 bits per heavy atom. The van der Waals surface area contributed by atoms with Crippen LogP contribution in [-0.4, -0.2) is 23.3 Å². The Hall–Kier alpha value is -2.45. The maximum Gasteiger partial charge on any atom is 0.249 e. The SMILES string of the molecule is C=CCn1c(=NC(=O)CCSc2ccc(OC)cc2)sc2cc(F)cc(F)c21. The number of rotatable bonds is 7. The number of allylic oxidation sites excluding steroid dienone is 1.